The van der Waals surface area contributed by atoms with Crippen molar-refractivity contribution in [3.8, 4) is 0 Å². The number of nitrogens with zero attached hydrogens (tertiary/aromatic N) is 3. The summed E-state index contributed by atoms with van der Waals surface area (Å²) in [4.78, 5) is 29.8. The van der Waals surface area contributed by atoms with Crippen molar-refractivity contribution in [1.29, 1.82) is 0 Å². The van der Waals surface area contributed by atoms with Gasteiger partial charge < -0.3 is 14.9 Å². The SMILES string of the molecule is CC1(C)CC(CO[N+](=O)[O-])CC(CO[N+](=O)[O-])C(C)(C)N1O. The largest absolute Gasteiger partial charge is 0.314 e. The van der Waals surface area contributed by atoms with E-state index in [1.165, 1.54) is 5.06 Å². The third-order valence-electron chi connectivity index (χ3n) is 4.32. The van der Waals surface area contributed by atoms with E-state index in [1.807, 2.05) is 13.8 Å². The molecule has 0 bridgehead atoms. The van der Waals surface area contributed by atoms with Gasteiger partial charge in [0.1, 0.15) is 6.61 Å². The van der Waals surface area contributed by atoms with Crippen LogP contribution >= 0.6 is 0 Å². The molecule has 1 fully saturated rings. The summed E-state index contributed by atoms with van der Waals surface area (Å²) in [5, 5.41) is 30.8. The molecule has 0 aromatic heterocycles. The minimum Gasteiger partial charge on any atom is -0.314 e. The molecule has 0 aromatic carbocycles. The van der Waals surface area contributed by atoms with Crippen molar-refractivity contribution in [2.75, 3.05) is 13.2 Å². The molecule has 0 aliphatic carbocycles. The Balaban J connectivity index is 2.96. The zero-order valence-corrected chi connectivity index (χ0v) is 13.2. The van der Waals surface area contributed by atoms with Gasteiger partial charge >= 0.3 is 0 Å². The predicted molar refractivity (Wildman–Crippen MR) is 73.9 cm³/mol. The van der Waals surface area contributed by atoms with Crippen LogP contribution in [0.5, 0.6) is 0 Å². The Morgan fingerprint density at radius 1 is 1.14 bits per heavy atom. The molecule has 128 valence electrons. The maximum absolute atomic E-state index is 10.5. The standard InChI is InChI=1S/C12H23N3O7/c1-11(2)6-9(7-21-14(17)18)5-10(8-22-15(19)20)12(3,4)13(11)16/h9-10,16H,5-8H2,1-4H3. The molecule has 1 heterocycles. The van der Waals surface area contributed by atoms with Crippen LogP contribution in [0.3, 0.4) is 0 Å². The van der Waals surface area contributed by atoms with Crippen molar-refractivity contribution >= 4 is 0 Å². The second-order valence-electron chi connectivity index (χ2n) is 6.82. The van der Waals surface area contributed by atoms with E-state index in [1.54, 1.807) is 13.8 Å². The molecule has 10 heteroatoms. The molecule has 10 nitrogen and oxygen atoms in total. The van der Waals surface area contributed by atoms with Crippen molar-refractivity contribution in [3.05, 3.63) is 20.2 Å². The molecule has 0 saturated carbocycles. The molecule has 0 amide bonds. The van der Waals surface area contributed by atoms with Gasteiger partial charge in [-0.25, -0.2) is 0 Å². The lowest BCUT2D eigenvalue weighted by Gasteiger charge is -2.45. The van der Waals surface area contributed by atoms with Crippen LogP contribution in [-0.2, 0) is 9.68 Å². The molecule has 0 aromatic rings. The van der Waals surface area contributed by atoms with Crippen LogP contribution in [-0.4, -0.2) is 44.7 Å². The first-order valence-electron chi connectivity index (χ1n) is 7.00. The number of hydrogen-bond donors (Lipinski definition) is 1. The van der Waals surface area contributed by atoms with Crippen LogP contribution in [0.15, 0.2) is 0 Å². The Morgan fingerprint density at radius 2 is 1.64 bits per heavy atom. The molecular weight excluding hydrogens is 298 g/mol. The Bertz CT molecular complexity index is 427. The van der Waals surface area contributed by atoms with Gasteiger partial charge in [0, 0.05) is 17.0 Å². The van der Waals surface area contributed by atoms with E-state index < -0.39 is 21.3 Å². The quantitative estimate of drug-likeness (QED) is 0.578. The van der Waals surface area contributed by atoms with Gasteiger partial charge in [-0.1, -0.05) is 0 Å². The molecule has 1 saturated heterocycles. The van der Waals surface area contributed by atoms with Crippen LogP contribution < -0.4 is 0 Å². The molecule has 0 spiro atoms. The number of rotatable bonds is 6. The Morgan fingerprint density at radius 3 is 2.14 bits per heavy atom. The van der Waals surface area contributed by atoms with Gasteiger partial charge in [-0.05, 0) is 46.5 Å². The molecule has 2 unspecified atom stereocenters. The fourth-order valence-electron chi connectivity index (χ4n) is 3.24. The van der Waals surface area contributed by atoms with Crippen LogP contribution in [0.25, 0.3) is 0 Å². The highest BCUT2D eigenvalue weighted by Gasteiger charge is 2.47. The third kappa shape index (κ3) is 4.41. The lowest BCUT2D eigenvalue weighted by atomic mass is 9.82. The summed E-state index contributed by atoms with van der Waals surface area (Å²) in [6.07, 6.45) is 0.866. The van der Waals surface area contributed by atoms with Crippen molar-refractivity contribution in [2.45, 2.75) is 51.6 Å². The minimum atomic E-state index is -0.879. The first kappa shape index (κ1) is 18.4. The maximum atomic E-state index is 10.5. The summed E-state index contributed by atoms with van der Waals surface area (Å²) in [6.45, 7) is 6.84. The van der Waals surface area contributed by atoms with Crippen LogP contribution in [0.1, 0.15) is 40.5 Å². The van der Waals surface area contributed by atoms with Gasteiger partial charge in [-0.2, -0.15) is 5.06 Å². The smallest absolute Gasteiger partial charge is 0.294 e. The fourth-order valence-corrected chi connectivity index (χ4v) is 3.24. The molecule has 2 atom stereocenters. The summed E-state index contributed by atoms with van der Waals surface area (Å²) in [6, 6.07) is 0. The lowest BCUT2D eigenvalue weighted by molar-refractivity contribution is -0.760. The average molecular weight is 321 g/mol. The lowest BCUT2D eigenvalue weighted by Crippen LogP contribution is -2.56. The minimum absolute atomic E-state index is 0.116. The number of hydroxylamine groups is 2. The van der Waals surface area contributed by atoms with Crippen LogP contribution in [0.4, 0.5) is 0 Å². The van der Waals surface area contributed by atoms with E-state index in [2.05, 4.69) is 9.68 Å². The second-order valence-corrected chi connectivity index (χ2v) is 6.82. The van der Waals surface area contributed by atoms with Gasteiger partial charge in [-0.15, -0.1) is 20.2 Å². The van der Waals surface area contributed by atoms with Gasteiger partial charge in [0.05, 0.1) is 6.61 Å². The molecule has 22 heavy (non-hydrogen) atoms. The van der Waals surface area contributed by atoms with E-state index in [4.69, 9.17) is 0 Å². The Labute approximate surface area is 128 Å². The van der Waals surface area contributed by atoms with Crippen molar-refractivity contribution in [1.82, 2.24) is 5.06 Å². The first-order chi connectivity index (χ1) is 9.96. The third-order valence-corrected chi connectivity index (χ3v) is 4.32. The highest BCUT2D eigenvalue weighted by atomic mass is 17.0. The van der Waals surface area contributed by atoms with Crippen LogP contribution in [0, 0.1) is 32.1 Å². The fraction of sp³-hybridized carbons (Fsp3) is 1.00. The molecule has 1 aliphatic heterocycles. The van der Waals surface area contributed by atoms with E-state index in [9.17, 15) is 25.4 Å². The van der Waals surface area contributed by atoms with E-state index in [0.717, 1.165) is 0 Å². The molecule has 1 rings (SSSR count). The van der Waals surface area contributed by atoms with Crippen LogP contribution in [0.2, 0.25) is 0 Å². The summed E-state index contributed by atoms with van der Waals surface area (Å²) in [5.41, 5.74) is -1.44. The predicted octanol–water partition coefficient (Wildman–Crippen LogP) is 1.68. The maximum Gasteiger partial charge on any atom is 0.294 e. The summed E-state index contributed by atoms with van der Waals surface area (Å²) >= 11 is 0. The van der Waals surface area contributed by atoms with E-state index in [0.29, 0.717) is 12.8 Å². The summed E-state index contributed by atoms with van der Waals surface area (Å²) < 4.78 is 0. The normalized spacial score (nSPS) is 27.7. The molecule has 0 radical (unpaired) electrons. The Hall–Kier alpha value is -1.68. The average Bonchev–Trinajstić information content (AvgIpc) is 2.43. The van der Waals surface area contributed by atoms with Crippen molar-refractivity contribution in [2.24, 2.45) is 11.8 Å². The van der Waals surface area contributed by atoms with Gasteiger partial charge in [-0.3, -0.25) is 0 Å². The molecule has 1 aliphatic rings. The summed E-state index contributed by atoms with van der Waals surface area (Å²) in [5.74, 6) is -0.609. The van der Waals surface area contributed by atoms with Crippen molar-refractivity contribution in [3.63, 3.8) is 0 Å². The first-order valence-corrected chi connectivity index (χ1v) is 7.00. The highest BCUT2D eigenvalue weighted by molar-refractivity contribution is 4.97. The van der Waals surface area contributed by atoms with Gasteiger partial charge in [0.2, 0.25) is 0 Å². The van der Waals surface area contributed by atoms with Gasteiger partial charge in [0.15, 0.2) is 0 Å². The van der Waals surface area contributed by atoms with E-state index in [-0.39, 0.29) is 25.0 Å². The second kappa shape index (κ2) is 6.61. The summed E-state index contributed by atoms with van der Waals surface area (Å²) in [7, 11) is 0. The van der Waals surface area contributed by atoms with Gasteiger partial charge in [0.25, 0.3) is 10.2 Å². The zero-order valence-electron chi connectivity index (χ0n) is 13.2. The molecular formula is C12H23N3O7. The number of hydrogen-bond acceptors (Lipinski definition) is 8. The highest BCUT2D eigenvalue weighted by Crippen LogP contribution is 2.41. The van der Waals surface area contributed by atoms with E-state index >= 15 is 0 Å². The van der Waals surface area contributed by atoms with Crippen molar-refractivity contribution < 1.29 is 25.1 Å². The Kier molecular flexibility index (Phi) is 5.52. The monoisotopic (exact) mass is 321 g/mol. The topological polar surface area (TPSA) is 128 Å². The molecule has 1 N–H and O–H groups in total. The zero-order chi connectivity index (χ0) is 17.1.